The molecule has 0 amide bonds. The predicted octanol–water partition coefficient (Wildman–Crippen LogP) is 3.84. The molecule has 1 aromatic rings. The van der Waals surface area contributed by atoms with Crippen molar-refractivity contribution < 1.29 is 14.2 Å². The van der Waals surface area contributed by atoms with Crippen molar-refractivity contribution in [2.24, 2.45) is 5.92 Å². The van der Waals surface area contributed by atoms with Crippen LogP contribution in [0.3, 0.4) is 0 Å². The van der Waals surface area contributed by atoms with Gasteiger partial charge in [0.05, 0.1) is 12.2 Å². The summed E-state index contributed by atoms with van der Waals surface area (Å²) in [6.45, 7) is 3.89. The molecule has 0 bridgehead atoms. The fourth-order valence-corrected chi connectivity index (χ4v) is 2.48. The SMILES string of the molecule is CC1CCC(Oc2ccc(F)cc2[C@H](C)O)CC1. The fraction of sp³-hybridized carbons (Fsp3) is 0.600. The molecule has 0 heterocycles. The van der Waals surface area contributed by atoms with E-state index in [4.69, 9.17) is 4.74 Å². The van der Waals surface area contributed by atoms with E-state index >= 15 is 0 Å². The summed E-state index contributed by atoms with van der Waals surface area (Å²) in [6, 6.07) is 4.35. The average Bonchev–Trinajstić information content (AvgIpc) is 2.34. The van der Waals surface area contributed by atoms with Crippen LogP contribution in [0.15, 0.2) is 18.2 Å². The van der Waals surface area contributed by atoms with Gasteiger partial charge in [-0.05, 0) is 56.7 Å². The smallest absolute Gasteiger partial charge is 0.125 e. The van der Waals surface area contributed by atoms with E-state index in [1.54, 1.807) is 13.0 Å². The van der Waals surface area contributed by atoms with Gasteiger partial charge in [-0.25, -0.2) is 4.39 Å². The Hall–Kier alpha value is -1.09. The largest absolute Gasteiger partial charge is 0.490 e. The van der Waals surface area contributed by atoms with Gasteiger partial charge in [-0.3, -0.25) is 0 Å². The summed E-state index contributed by atoms with van der Waals surface area (Å²) in [5.41, 5.74) is 0.536. The third kappa shape index (κ3) is 3.22. The van der Waals surface area contributed by atoms with Crippen LogP contribution in [-0.2, 0) is 0 Å². The van der Waals surface area contributed by atoms with Crippen LogP contribution < -0.4 is 4.74 Å². The molecule has 0 aliphatic heterocycles. The standard InChI is InChI=1S/C15H21FO2/c1-10-3-6-13(7-4-10)18-15-8-5-12(16)9-14(15)11(2)17/h5,8-11,13,17H,3-4,6-7H2,1-2H3/t10?,11-,13?/m0/s1. The highest BCUT2D eigenvalue weighted by Gasteiger charge is 2.21. The van der Waals surface area contributed by atoms with Gasteiger partial charge in [0.25, 0.3) is 0 Å². The molecule has 3 heteroatoms. The van der Waals surface area contributed by atoms with Crippen molar-refractivity contribution in [3.05, 3.63) is 29.6 Å². The van der Waals surface area contributed by atoms with Gasteiger partial charge in [0, 0.05) is 5.56 Å². The summed E-state index contributed by atoms with van der Waals surface area (Å²) < 4.78 is 19.1. The molecule has 0 spiro atoms. The van der Waals surface area contributed by atoms with E-state index in [-0.39, 0.29) is 11.9 Å². The highest BCUT2D eigenvalue weighted by atomic mass is 19.1. The van der Waals surface area contributed by atoms with Crippen molar-refractivity contribution >= 4 is 0 Å². The van der Waals surface area contributed by atoms with E-state index in [2.05, 4.69) is 6.92 Å². The van der Waals surface area contributed by atoms with Crippen molar-refractivity contribution in [2.75, 3.05) is 0 Å². The highest BCUT2D eigenvalue weighted by molar-refractivity contribution is 5.35. The number of rotatable bonds is 3. The van der Waals surface area contributed by atoms with Crippen LogP contribution in [0, 0.1) is 11.7 Å². The normalized spacial score (nSPS) is 25.8. The first-order valence-electron chi connectivity index (χ1n) is 6.70. The number of benzene rings is 1. The van der Waals surface area contributed by atoms with Crippen molar-refractivity contribution in [1.29, 1.82) is 0 Å². The second-order valence-corrected chi connectivity index (χ2v) is 5.36. The van der Waals surface area contributed by atoms with Crippen LogP contribution in [0.4, 0.5) is 4.39 Å². The number of hydrogen-bond acceptors (Lipinski definition) is 2. The molecule has 1 aliphatic rings. The van der Waals surface area contributed by atoms with Crippen molar-refractivity contribution in [2.45, 2.75) is 51.7 Å². The summed E-state index contributed by atoms with van der Waals surface area (Å²) in [5.74, 6) is 1.05. The molecule has 1 saturated carbocycles. The van der Waals surface area contributed by atoms with Gasteiger partial charge >= 0.3 is 0 Å². The molecule has 2 rings (SSSR count). The van der Waals surface area contributed by atoms with Gasteiger partial charge in [-0.2, -0.15) is 0 Å². The van der Waals surface area contributed by atoms with Gasteiger partial charge in [-0.15, -0.1) is 0 Å². The predicted molar refractivity (Wildman–Crippen MR) is 69.1 cm³/mol. The van der Waals surface area contributed by atoms with Gasteiger partial charge < -0.3 is 9.84 Å². The Morgan fingerprint density at radius 2 is 1.94 bits per heavy atom. The zero-order valence-corrected chi connectivity index (χ0v) is 11.0. The molecule has 0 aromatic heterocycles. The quantitative estimate of drug-likeness (QED) is 0.885. The van der Waals surface area contributed by atoms with E-state index in [0.717, 1.165) is 18.8 Å². The summed E-state index contributed by atoms with van der Waals surface area (Å²) in [4.78, 5) is 0. The Morgan fingerprint density at radius 1 is 1.28 bits per heavy atom. The average molecular weight is 252 g/mol. The molecule has 100 valence electrons. The third-order valence-electron chi connectivity index (χ3n) is 3.68. The maximum Gasteiger partial charge on any atom is 0.125 e. The monoisotopic (exact) mass is 252 g/mol. The molecule has 1 aliphatic carbocycles. The maximum absolute atomic E-state index is 13.2. The molecule has 18 heavy (non-hydrogen) atoms. The fourth-order valence-electron chi connectivity index (χ4n) is 2.48. The molecule has 1 atom stereocenters. The maximum atomic E-state index is 13.2. The Kier molecular flexibility index (Phi) is 4.23. The van der Waals surface area contributed by atoms with E-state index in [1.807, 2.05) is 0 Å². The second kappa shape index (κ2) is 5.70. The minimum Gasteiger partial charge on any atom is -0.490 e. The Balaban J connectivity index is 2.09. The first-order chi connectivity index (χ1) is 8.56. The molecular weight excluding hydrogens is 231 g/mol. The van der Waals surface area contributed by atoms with E-state index in [0.29, 0.717) is 11.3 Å². The van der Waals surface area contributed by atoms with Crippen LogP contribution >= 0.6 is 0 Å². The molecule has 0 saturated heterocycles. The lowest BCUT2D eigenvalue weighted by atomic mass is 9.89. The Morgan fingerprint density at radius 3 is 2.56 bits per heavy atom. The highest BCUT2D eigenvalue weighted by Crippen LogP contribution is 2.31. The molecule has 0 radical (unpaired) electrons. The Labute approximate surface area is 108 Å². The van der Waals surface area contributed by atoms with Gasteiger partial charge in [0.2, 0.25) is 0 Å². The number of aliphatic hydroxyl groups is 1. The molecule has 2 nitrogen and oxygen atoms in total. The van der Waals surface area contributed by atoms with E-state index in [9.17, 15) is 9.50 Å². The number of ether oxygens (including phenoxy) is 1. The van der Waals surface area contributed by atoms with Crippen molar-refractivity contribution in [3.8, 4) is 5.75 Å². The van der Waals surface area contributed by atoms with E-state index in [1.165, 1.54) is 25.0 Å². The van der Waals surface area contributed by atoms with Crippen LogP contribution in [0.2, 0.25) is 0 Å². The second-order valence-electron chi connectivity index (χ2n) is 5.36. The van der Waals surface area contributed by atoms with Gasteiger partial charge in [0.15, 0.2) is 0 Å². The zero-order chi connectivity index (χ0) is 13.1. The third-order valence-corrected chi connectivity index (χ3v) is 3.68. The summed E-state index contributed by atoms with van der Waals surface area (Å²) in [6.07, 6.45) is 3.92. The summed E-state index contributed by atoms with van der Waals surface area (Å²) in [7, 11) is 0. The first-order valence-corrected chi connectivity index (χ1v) is 6.70. The number of hydrogen-bond donors (Lipinski definition) is 1. The van der Waals surface area contributed by atoms with Crippen LogP contribution in [-0.4, -0.2) is 11.2 Å². The minimum atomic E-state index is -0.710. The molecule has 1 N–H and O–H groups in total. The van der Waals surface area contributed by atoms with Crippen LogP contribution in [0.5, 0.6) is 5.75 Å². The van der Waals surface area contributed by atoms with Crippen molar-refractivity contribution in [3.63, 3.8) is 0 Å². The van der Waals surface area contributed by atoms with Gasteiger partial charge in [-0.1, -0.05) is 6.92 Å². The molecule has 1 aromatic carbocycles. The lowest BCUT2D eigenvalue weighted by Crippen LogP contribution is -2.23. The number of halogens is 1. The molecular formula is C15H21FO2. The van der Waals surface area contributed by atoms with Gasteiger partial charge in [0.1, 0.15) is 11.6 Å². The first kappa shape index (κ1) is 13.3. The summed E-state index contributed by atoms with van der Waals surface area (Å²) in [5, 5.41) is 9.65. The Bertz CT molecular complexity index is 395. The van der Waals surface area contributed by atoms with Crippen LogP contribution in [0.25, 0.3) is 0 Å². The van der Waals surface area contributed by atoms with Crippen LogP contribution in [0.1, 0.15) is 51.2 Å². The molecule has 1 fully saturated rings. The zero-order valence-electron chi connectivity index (χ0n) is 11.0. The lowest BCUT2D eigenvalue weighted by molar-refractivity contribution is 0.126. The van der Waals surface area contributed by atoms with Crippen molar-refractivity contribution in [1.82, 2.24) is 0 Å². The lowest BCUT2D eigenvalue weighted by Gasteiger charge is -2.28. The summed E-state index contributed by atoms with van der Waals surface area (Å²) >= 11 is 0. The van der Waals surface area contributed by atoms with E-state index < -0.39 is 6.10 Å². The topological polar surface area (TPSA) is 29.5 Å². The minimum absolute atomic E-state index is 0.198. The molecule has 0 unspecified atom stereocenters. The number of aliphatic hydroxyl groups excluding tert-OH is 1.